The van der Waals surface area contributed by atoms with Crippen molar-refractivity contribution < 1.29 is 4.42 Å². The average molecular weight is 343 g/mol. The number of benzene rings is 1. The zero-order chi connectivity index (χ0) is 17.3. The third-order valence-electron chi connectivity index (χ3n) is 4.58. The van der Waals surface area contributed by atoms with Crippen LogP contribution < -0.4 is 0 Å². The molecule has 0 radical (unpaired) electrons. The Kier molecular flexibility index (Phi) is 3.52. The molecule has 0 spiro atoms. The minimum absolute atomic E-state index is 0.598. The number of hydrogen-bond donors (Lipinski definition) is 1. The van der Waals surface area contributed by atoms with Gasteiger partial charge < -0.3 is 9.40 Å². The molecule has 1 N–H and O–H groups in total. The molecule has 26 heavy (non-hydrogen) atoms. The predicted molar refractivity (Wildman–Crippen MR) is 98.8 cm³/mol. The van der Waals surface area contributed by atoms with E-state index in [0.29, 0.717) is 5.78 Å². The summed E-state index contributed by atoms with van der Waals surface area (Å²) in [5.41, 5.74) is 3.37. The first-order chi connectivity index (χ1) is 12.9. The van der Waals surface area contributed by atoms with E-state index >= 15 is 0 Å². The van der Waals surface area contributed by atoms with Gasteiger partial charge in [-0.15, -0.1) is 5.10 Å². The topological polar surface area (TPSA) is 72.0 Å². The molecule has 4 aromatic heterocycles. The highest BCUT2D eigenvalue weighted by Crippen LogP contribution is 2.21. The second kappa shape index (κ2) is 6.15. The Balaban J connectivity index is 1.36. The molecule has 0 unspecified atom stereocenters. The van der Waals surface area contributed by atoms with Crippen molar-refractivity contribution in [3.8, 4) is 11.5 Å². The lowest BCUT2D eigenvalue weighted by Gasteiger charge is -1.99. The second-order valence-electron chi connectivity index (χ2n) is 6.26. The van der Waals surface area contributed by atoms with Crippen LogP contribution in [0.25, 0.3) is 28.1 Å². The Morgan fingerprint density at radius 3 is 2.92 bits per heavy atom. The fraction of sp³-hybridized carbons (Fsp3) is 0.150. The lowest BCUT2D eigenvalue weighted by molar-refractivity contribution is 0.577. The van der Waals surface area contributed by atoms with Crippen LogP contribution in [0.4, 0.5) is 0 Å². The Morgan fingerprint density at radius 2 is 2.00 bits per heavy atom. The van der Waals surface area contributed by atoms with Gasteiger partial charge in [0, 0.05) is 29.7 Å². The summed E-state index contributed by atoms with van der Waals surface area (Å²) >= 11 is 0. The van der Waals surface area contributed by atoms with Gasteiger partial charge in [0.15, 0.2) is 11.6 Å². The first kappa shape index (κ1) is 14.9. The third-order valence-corrected chi connectivity index (χ3v) is 4.58. The molecular formula is C20H17N5O. The number of aryl methyl sites for hydroxylation is 2. The highest BCUT2D eigenvalue weighted by Gasteiger charge is 2.12. The lowest BCUT2D eigenvalue weighted by Crippen LogP contribution is -1.96. The Labute approximate surface area is 149 Å². The minimum Gasteiger partial charge on any atom is -0.463 e. The fourth-order valence-corrected chi connectivity index (χ4v) is 3.33. The molecule has 5 rings (SSSR count). The smallest absolute Gasteiger partial charge is 0.253 e. The van der Waals surface area contributed by atoms with Crippen molar-refractivity contribution in [1.29, 1.82) is 0 Å². The highest BCUT2D eigenvalue weighted by molar-refractivity contribution is 5.83. The molecule has 0 fully saturated rings. The van der Waals surface area contributed by atoms with E-state index in [-0.39, 0.29) is 0 Å². The molecule has 128 valence electrons. The molecule has 6 nitrogen and oxygen atoms in total. The maximum absolute atomic E-state index is 5.49. The molecule has 4 heterocycles. The van der Waals surface area contributed by atoms with Gasteiger partial charge in [0.1, 0.15) is 5.69 Å². The molecule has 0 aliphatic carbocycles. The highest BCUT2D eigenvalue weighted by atomic mass is 16.3. The first-order valence-corrected chi connectivity index (χ1v) is 8.68. The van der Waals surface area contributed by atoms with E-state index in [1.165, 1.54) is 16.5 Å². The maximum Gasteiger partial charge on any atom is 0.253 e. The van der Waals surface area contributed by atoms with Crippen LogP contribution in [-0.2, 0) is 12.8 Å². The normalized spacial score (nSPS) is 11.5. The van der Waals surface area contributed by atoms with Gasteiger partial charge in [-0.1, -0.05) is 18.2 Å². The van der Waals surface area contributed by atoms with Crippen LogP contribution in [-0.4, -0.2) is 24.6 Å². The molecule has 0 aliphatic heterocycles. The third kappa shape index (κ3) is 2.56. The summed E-state index contributed by atoms with van der Waals surface area (Å²) in [5, 5.41) is 5.91. The Bertz CT molecular complexity index is 1170. The lowest BCUT2D eigenvalue weighted by atomic mass is 10.1. The van der Waals surface area contributed by atoms with Gasteiger partial charge in [0.25, 0.3) is 5.78 Å². The van der Waals surface area contributed by atoms with E-state index in [9.17, 15) is 0 Å². The summed E-state index contributed by atoms with van der Waals surface area (Å²) in [4.78, 5) is 12.2. The molecule has 1 aromatic carbocycles. The van der Waals surface area contributed by atoms with Gasteiger partial charge in [0.05, 0.1) is 6.26 Å². The largest absolute Gasteiger partial charge is 0.463 e. The van der Waals surface area contributed by atoms with Crippen LogP contribution in [0.5, 0.6) is 0 Å². The van der Waals surface area contributed by atoms with Crippen molar-refractivity contribution >= 4 is 16.7 Å². The molecule has 0 atom stereocenters. The number of H-pyrrole nitrogens is 1. The quantitative estimate of drug-likeness (QED) is 0.523. The summed E-state index contributed by atoms with van der Waals surface area (Å²) in [6.07, 6.45) is 8.25. The van der Waals surface area contributed by atoms with Crippen LogP contribution in [0.1, 0.15) is 17.8 Å². The summed E-state index contributed by atoms with van der Waals surface area (Å²) in [6.45, 7) is 0. The molecule has 0 amide bonds. The van der Waals surface area contributed by atoms with Crippen LogP contribution in [0.2, 0.25) is 0 Å². The number of para-hydroxylation sites is 1. The summed E-state index contributed by atoms with van der Waals surface area (Å²) in [7, 11) is 0. The van der Waals surface area contributed by atoms with Crippen molar-refractivity contribution in [3.05, 3.63) is 72.5 Å². The SMILES string of the molecule is c1coc(-c2ccnc3nc(CCCc4c[nH]c5ccccc45)nn23)c1. The van der Waals surface area contributed by atoms with Crippen molar-refractivity contribution in [2.45, 2.75) is 19.3 Å². The van der Waals surface area contributed by atoms with Crippen LogP contribution in [0, 0.1) is 0 Å². The van der Waals surface area contributed by atoms with Crippen molar-refractivity contribution in [2.24, 2.45) is 0 Å². The number of rotatable bonds is 5. The molecule has 0 saturated heterocycles. The number of nitrogens with one attached hydrogen (secondary N) is 1. The number of aromatic nitrogens is 5. The van der Waals surface area contributed by atoms with Gasteiger partial charge in [-0.05, 0) is 42.7 Å². The number of fused-ring (bicyclic) bond motifs is 2. The second-order valence-corrected chi connectivity index (χ2v) is 6.26. The summed E-state index contributed by atoms with van der Waals surface area (Å²) < 4.78 is 7.24. The Hall–Kier alpha value is -3.41. The molecular weight excluding hydrogens is 326 g/mol. The molecule has 5 aromatic rings. The van der Waals surface area contributed by atoms with Gasteiger partial charge in [-0.3, -0.25) is 0 Å². The molecule has 0 bridgehead atoms. The van der Waals surface area contributed by atoms with Crippen molar-refractivity contribution in [1.82, 2.24) is 24.6 Å². The molecule has 6 heteroatoms. The van der Waals surface area contributed by atoms with E-state index in [1.54, 1.807) is 17.0 Å². The van der Waals surface area contributed by atoms with Crippen LogP contribution >= 0.6 is 0 Å². The van der Waals surface area contributed by atoms with E-state index < -0.39 is 0 Å². The Morgan fingerprint density at radius 1 is 1.04 bits per heavy atom. The summed E-state index contributed by atoms with van der Waals surface area (Å²) in [6, 6.07) is 14.0. The van der Waals surface area contributed by atoms with Gasteiger partial charge >= 0.3 is 0 Å². The standard InChI is InChI=1S/C20H17N5O/c1-2-7-16-15(6-1)14(13-22-16)5-3-9-19-23-20-21-11-10-17(25(20)24-19)18-8-4-12-26-18/h1-2,4,6-8,10-13,22H,3,5,9H2. The van der Waals surface area contributed by atoms with Crippen molar-refractivity contribution in [3.63, 3.8) is 0 Å². The zero-order valence-electron chi connectivity index (χ0n) is 14.1. The van der Waals surface area contributed by atoms with E-state index in [1.807, 2.05) is 24.3 Å². The van der Waals surface area contributed by atoms with Crippen LogP contribution in [0.15, 0.2) is 65.5 Å². The number of furan rings is 1. The van der Waals surface area contributed by atoms with E-state index in [4.69, 9.17) is 4.42 Å². The molecule has 0 aliphatic rings. The zero-order valence-corrected chi connectivity index (χ0v) is 14.1. The number of hydrogen-bond acceptors (Lipinski definition) is 4. The minimum atomic E-state index is 0.598. The predicted octanol–water partition coefficient (Wildman–Crippen LogP) is 4.04. The van der Waals surface area contributed by atoms with Gasteiger partial charge in [-0.25, -0.2) is 4.98 Å². The van der Waals surface area contributed by atoms with Gasteiger partial charge in [-0.2, -0.15) is 9.50 Å². The van der Waals surface area contributed by atoms with Gasteiger partial charge in [0.2, 0.25) is 0 Å². The molecule has 0 saturated carbocycles. The van der Waals surface area contributed by atoms with E-state index in [0.717, 1.165) is 36.5 Å². The number of nitrogens with zero attached hydrogens (tertiary/aromatic N) is 4. The monoisotopic (exact) mass is 343 g/mol. The van der Waals surface area contributed by atoms with E-state index in [2.05, 4.69) is 44.4 Å². The first-order valence-electron chi connectivity index (χ1n) is 8.68. The fourth-order valence-electron chi connectivity index (χ4n) is 3.33. The average Bonchev–Trinajstić information content (AvgIpc) is 3.41. The van der Waals surface area contributed by atoms with Crippen LogP contribution in [0.3, 0.4) is 0 Å². The van der Waals surface area contributed by atoms with Crippen molar-refractivity contribution in [2.75, 3.05) is 0 Å². The maximum atomic E-state index is 5.49. The number of aromatic amines is 1. The summed E-state index contributed by atoms with van der Waals surface area (Å²) in [5.74, 6) is 2.16.